The maximum atomic E-state index is 11.6. The summed E-state index contributed by atoms with van der Waals surface area (Å²) in [4.78, 5) is 11.6. The first-order valence-electron chi connectivity index (χ1n) is 5.83. The molecular formula is C13H20O3. The Morgan fingerprint density at radius 1 is 1.31 bits per heavy atom. The molecule has 1 fully saturated rings. The van der Waals surface area contributed by atoms with Gasteiger partial charge in [-0.3, -0.25) is 4.79 Å². The van der Waals surface area contributed by atoms with Crippen LogP contribution in [0.2, 0.25) is 0 Å². The highest BCUT2D eigenvalue weighted by molar-refractivity contribution is 5.92. The number of ether oxygens (including phenoxy) is 1. The zero-order valence-electron chi connectivity index (χ0n) is 10.5. The van der Waals surface area contributed by atoms with Crippen molar-refractivity contribution in [3.05, 3.63) is 11.6 Å². The zero-order valence-corrected chi connectivity index (χ0v) is 10.5. The van der Waals surface area contributed by atoms with Gasteiger partial charge in [0.1, 0.15) is 0 Å². The van der Waals surface area contributed by atoms with E-state index in [2.05, 4.69) is 0 Å². The van der Waals surface area contributed by atoms with Crippen LogP contribution in [0, 0.1) is 5.41 Å². The van der Waals surface area contributed by atoms with Crippen molar-refractivity contribution in [2.75, 3.05) is 0 Å². The average molecular weight is 224 g/mol. The standard InChI is InChI=1S/C13H20O3/c1-9-7-10(14)8-11(2,3)13(9)6-5-12(4,15)16-13/h7,15H,5-6,8H2,1-4H3/t12?,13-/m1/s1. The van der Waals surface area contributed by atoms with Gasteiger partial charge in [-0.2, -0.15) is 0 Å². The minimum atomic E-state index is -1.06. The van der Waals surface area contributed by atoms with Crippen LogP contribution in [0.4, 0.5) is 0 Å². The van der Waals surface area contributed by atoms with E-state index in [-0.39, 0.29) is 11.2 Å². The predicted octanol–water partition coefficient (Wildman–Crippen LogP) is 2.19. The summed E-state index contributed by atoms with van der Waals surface area (Å²) in [6.07, 6.45) is 3.56. The molecule has 0 radical (unpaired) electrons. The Hall–Kier alpha value is -0.670. The second kappa shape index (κ2) is 3.17. The van der Waals surface area contributed by atoms with Gasteiger partial charge >= 0.3 is 0 Å². The van der Waals surface area contributed by atoms with Crippen molar-refractivity contribution in [2.24, 2.45) is 5.41 Å². The Morgan fingerprint density at radius 3 is 2.38 bits per heavy atom. The molecule has 0 aromatic carbocycles. The highest BCUT2D eigenvalue weighted by atomic mass is 16.6. The van der Waals surface area contributed by atoms with Crippen LogP contribution in [0.25, 0.3) is 0 Å². The van der Waals surface area contributed by atoms with Gasteiger partial charge in [0, 0.05) is 18.3 Å². The van der Waals surface area contributed by atoms with E-state index in [0.717, 1.165) is 12.0 Å². The molecule has 0 aromatic heterocycles. The van der Waals surface area contributed by atoms with E-state index in [1.165, 1.54) is 0 Å². The summed E-state index contributed by atoms with van der Waals surface area (Å²) in [6.45, 7) is 7.72. The van der Waals surface area contributed by atoms with Gasteiger partial charge in [0.25, 0.3) is 0 Å². The largest absolute Gasteiger partial charge is 0.366 e. The third-order valence-electron chi connectivity index (χ3n) is 4.06. The molecule has 0 aromatic rings. The molecule has 1 N–H and O–H groups in total. The Kier molecular flexibility index (Phi) is 2.34. The van der Waals surface area contributed by atoms with E-state index in [1.54, 1.807) is 13.0 Å². The average Bonchev–Trinajstić information content (AvgIpc) is 2.40. The lowest BCUT2D eigenvalue weighted by atomic mass is 9.63. The van der Waals surface area contributed by atoms with Crippen LogP contribution < -0.4 is 0 Å². The maximum absolute atomic E-state index is 11.6. The molecule has 1 aliphatic heterocycles. The van der Waals surface area contributed by atoms with Crippen molar-refractivity contribution >= 4 is 5.78 Å². The van der Waals surface area contributed by atoms with Gasteiger partial charge in [0.15, 0.2) is 11.6 Å². The van der Waals surface area contributed by atoms with Gasteiger partial charge in [0.05, 0.1) is 5.60 Å². The third kappa shape index (κ3) is 1.54. The van der Waals surface area contributed by atoms with E-state index in [0.29, 0.717) is 12.8 Å². The Labute approximate surface area is 96.5 Å². The molecule has 1 spiro atoms. The summed E-state index contributed by atoms with van der Waals surface area (Å²) >= 11 is 0. The van der Waals surface area contributed by atoms with Gasteiger partial charge in [0.2, 0.25) is 0 Å². The molecule has 1 aliphatic carbocycles. The molecule has 2 aliphatic rings. The van der Waals surface area contributed by atoms with Crippen LogP contribution in [0.3, 0.4) is 0 Å². The van der Waals surface area contributed by atoms with Crippen LogP contribution in [-0.2, 0) is 9.53 Å². The lowest BCUT2D eigenvalue weighted by molar-refractivity contribution is -0.229. The van der Waals surface area contributed by atoms with E-state index in [4.69, 9.17) is 4.74 Å². The minimum absolute atomic E-state index is 0.156. The van der Waals surface area contributed by atoms with E-state index >= 15 is 0 Å². The summed E-state index contributed by atoms with van der Waals surface area (Å²) < 4.78 is 5.89. The SMILES string of the molecule is CC1=CC(=O)CC(C)(C)[C@@]12CCC(C)(O)O2. The van der Waals surface area contributed by atoms with Crippen molar-refractivity contribution in [1.29, 1.82) is 0 Å². The number of hydrogen-bond donors (Lipinski definition) is 1. The number of allylic oxidation sites excluding steroid dienone is 1. The second-order valence-electron chi connectivity index (χ2n) is 5.96. The van der Waals surface area contributed by atoms with Crippen molar-refractivity contribution in [2.45, 2.75) is 58.3 Å². The van der Waals surface area contributed by atoms with Gasteiger partial charge in [-0.05, 0) is 31.9 Å². The first-order chi connectivity index (χ1) is 7.19. The van der Waals surface area contributed by atoms with Crippen LogP contribution in [0.1, 0.15) is 47.0 Å². The molecule has 90 valence electrons. The van der Waals surface area contributed by atoms with E-state index < -0.39 is 11.4 Å². The van der Waals surface area contributed by atoms with Gasteiger partial charge in [-0.1, -0.05) is 13.8 Å². The van der Waals surface area contributed by atoms with Gasteiger partial charge in [-0.15, -0.1) is 0 Å². The van der Waals surface area contributed by atoms with Crippen molar-refractivity contribution in [1.82, 2.24) is 0 Å². The maximum Gasteiger partial charge on any atom is 0.163 e. The number of carbonyl (C=O) groups excluding carboxylic acids is 1. The summed E-state index contributed by atoms with van der Waals surface area (Å²) in [5, 5.41) is 9.99. The quantitative estimate of drug-likeness (QED) is 0.686. The molecule has 16 heavy (non-hydrogen) atoms. The fourth-order valence-corrected chi connectivity index (χ4v) is 3.16. The number of ketones is 1. The summed E-state index contributed by atoms with van der Waals surface area (Å²) in [5.74, 6) is -0.907. The summed E-state index contributed by atoms with van der Waals surface area (Å²) in [7, 11) is 0. The molecule has 2 atom stereocenters. The lowest BCUT2D eigenvalue weighted by Gasteiger charge is -2.47. The summed E-state index contributed by atoms with van der Waals surface area (Å²) in [6, 6.07) is 0. The predicted molar refractivity (Wildman–Crippen MR) is 60.8 cm³/mol. The second-order valence-corrected chi connectivity index (χ2v) is 5.96. The molecule has 0 saturated carbocycles. The summed E-state index contributed by atoms with van der Waals surface area (Å²) in [5.41, 5.74) is 0.236. The Morgan fingerprint density at radius 2 is 1.94 bits per heavy atom. The van der Waals surface area contributed by atoms with Crippen molar-refractivity contribution < 1.29 is 14.6 Å². The highest BCUT2D eigenvalue weighted by Gasteiger charge is 2.57. The van der Waals surface area contributed by atoms with Crippen LogP contribution in [0.5, 0.6) is 0 Å². The fraction of sp³-hybridized carbons (Fsp3) is 0.769. The molecule has 0 bridgehead atoms. The van der Waals surface area contributed by atoms with Crippen LogP contribution in [0.15, 0.2) is 11.6 Å². The van der Waals surface area contributed by atoms with E-state index in [1.807, 2.05) is 20.8 Å². The number of hydrogen-bond acceptors (Lipinski definition) is 3. The molecule has 1 saturated heterocycles. The smallest absolute Gasteiger partial charge is 0.163 e. The minimum Gasteiger partial charge on any atom is -0.366 e. The first kappa shape index (κ1) is 11.8. The number of carbonyl (C=O) groups is 1. The molecule has 0 amide bonds. The highest BCUT2D eigenvalue weighted by Crippen LogP contribution is 2.54. The van der Waals surface area contributed by atoms with Gasteiger partial charge < -0.3 is 9.84 Å². The first-order valence-corrected chi connectivity index (χ1v) is 5.83. The van der Waals surface area contributed by atoms with E-state index in [9.17, 15) is 9.90 Å². The van der Waals surface area contributed by atoms with Crippen molar-refractivity contribution in [3.8, 4) is 0 Å². The molecule has 2 rings (SSSR count). The van der Waals surface area contributed by atoms with Crippen LogP contribution in [-0.4, -0.2) is 22.3 Å². The monoisotopic (exact) mass is 224 g/mol. The Bertz CT molecular complexity index is 365. The molecule has 1 unspecified atom stereocenters. The number of rotatable bonds is 0. The fourth-order valence-electron chi connectivity index (χ4n) is 3.16. The molecule has 3 heteroatoms. The molecule has 3 nitrogen and oxygen atoms in total. The molecular weight excluding hydrogens is 204 g/mol. The van der Waals surface area contributed by atoms with Crippen molar-refractivity contribution in [3.63, 3.8) is 0 Å². The third-order valence-corrected chi connectivity index (χ3v) is 4.06. The van der Waals surface area contributed by atoms with Gasteiger partial charge in [-0.25, -0.2) is 0 Å². The Balaban J connectivity index is 2.46. The topological polar surface area (TPSA) is 46.5 Å². The zero-order chi connectivity index (χ0) is 12.2. The normalized spacial score (nSPS) is 42.6. The molecule has 1 heterocycles. The number of aliphatic hydroxyl groups is 1. The van der Waals surface area contributed by atoms with Crippen LogP contribution >= 0.6 is 0 Å². The lowest BCUT2D eigenvalue weighted by Crippen LogP contribution is -2.50.